The SMILES string of the molecule is CC1=Cc2cc(Cl)c(F)cc2C1. The van der Waals surface area contributed by atoms with E-state index in [9.17, 15) is 4.39 Å². The van der Waals surface area contributed by atoms with Crippen molar-refractivity contribution in [3.63, 3.8) is 0 Å². The van der Waals surface area contributed by atoms with Gasteiger partial charge in [-0.25, -0.2) is 4.39 Å². The minimum atomic E-state index is -0.321. The quantitative estimate of drug-likeness (QED) is 0.577. The van der Waals surface area contributed by atoms with E-state index in [4.69, 9.17) is 11.6 Å². The van der Waals surface area contributed by atoms with Crippen LogP contribution in [0.1, 0.15) is 18.1 Å². The number of hydrogen-bond donors (Lipinski definition) is 0. The average Bonchev–Trinajstić information content (AvgIpc) is 2.30. The summed E-state index contributed by atoms with van der Waals surface area (Å²) in [5.74, 6) is -0.321. The lowest BCUT2D eigenvalue weighted by Gasteiger charge is -1.99. The van der Waals surface area contributed by atoms with Crippen LogP contribution in [0, 0.1) is 5.82 Å². The van der Waals surface area contributed by atoms with Gasteiger partial charge in [0.2, 0.25) is 0 Å². The largest absolute Gasteiger partial charge is 0.205 e. The Bertz CT molecular complexity index is 366. The lowest BCUT2D eigenvalue weighted by molar-refractivity contribution is 0.626. The van der Waals surface area contributed by atoms with Crippen molar-refractivity contribution in [1.29, 1.82) is 0 Å². The summed E-state index contributed by atoms with van der Waals surface area (Å²) < 4.78 is 12.9. The molecule has 0 bridgehead atoms. The van der Waals surface area contributed by atoms with Crippen LogP contribution in [0.25, 0.3) is 6.08 Å². The first-order valence-electron chi connectivity index (χ1n) is 3.82. The van der Waals surface area contributed by atoms with E-state index in [-0.39, 0.29) is 10.8 Å². The third-order valence-corrected chi connectivity index (χ3v) is 2.34. The molecule has 0 saturated carbocycles. The molecule has 1 aliphatic rings. The number of allylic oxidation sites excluding steroid dienone is 1. The Balaban J connectivity index is 2.57. The van der Waals surface area contributed by atoms with Gasteiger partial charge in [-0.05, 0) is 36.6 Å². The van der Waals surface area contributed by atoms with Crippen molar-refractivity contribution >= 4 is 17.7 Å². The highest BCUT2D eigenvalue weighted by Gasteiger charge is 2.12. The van der Waals surface area contributed by atoms with E-state index in [1.807, 2.05) is 13.0 Å². The van der Waals surface area contributed by atoms with E-state index < -0.39 is 0 Å². The van der Waals surface area contributed by atoms with E-state index >= 15 is 0 Å². The van der Waals surface area contributed by atoms with E-state index in [1.54, 1.807) is 6.07 Å². The van der Waals surface area contributed by atoms with Gasteiger partial charge in [0, 0.05) is 0 Å². The standard InChI is InChI=1S/C10H8ClF/c1-6-2-7-4-9(11)10(12)5-8(7)3-6/h2,4-5H,3H2,1H3. The summed E-state index contributed by atoms with van der Waals surface area (Å²) in [6.45, 7) is 2.03. The van der Waals surface area contributed by atoms with Gasteiger partial charge in [-0.1, -0.05) is 23.3 Å². The highest BCUT2D eigenvalue weighted by atomic mass is 35.5. The fraction of sp³-hybridized carbons (Fsp3) is 0.200. The molecule has 2 rings (SSSR count). The van der Waals surface area contributed by atoms with Crippen LogP contribution < -0.4 is 0 Å². The fourth-order valence-corrected chi connectivity index (χ4v) is 1.68. The maximum absolute atomic E-state index is 12.9. The third kappa shape index (κ3) is 1.14. The van der Waals surface area contributed by atoms with Crippen LogP contribution in [0.3, 0.4) is 0 Å². The van der Waals surface area contributed by atoms with Crippen LogP contribution in [0.5, 0.6) is 0 Å². The summed E-state index contributed by atoms with van der Waals surface area (Å²) in [6, 6.07) is 3.20. The molecule has 0 N–H and O–H groups in total. The Morgan fingerprint density at radius 3 is 2.92 bits per heavy atom. The molecular formula is C10H8ClF. The van der Waals surface area contributed by atoms with Crippen molar-refractivity contribution in [2.24, 2.45) is 0 Å². The second kappa shape index (κ2) is 2.60. The molecule has 1 aromatic carbocycles. The Hall–Kier alpha value is -0.820. The van der Waals surface area contributed by atoms with Gasteiger partial charge < -0.3 is 0 Å². The first kappa shape index (κ1) is 7.81. The average molecular weight is 183 g/mol. The lowest BCUT2D eigenvalue weighted by atomic mass is 10.1. The molecule has 62 valence electrons. The van der Waals surface area contributed by atoms with Crippen molar-refractivity contribution in [1.82, 2.24) is 0 Å². The van der Waals surface area contributed by atoms with Crippen molar-refractivity contribution in [2.75, 3.05) is 0 Å². The number of fused-ring (bicyclic) bond motifs is 1. The molecule has 0 amide bonds. The van der Waals surface area contributed by atoms with Crippen LogP contribution in [0.2, 0.25) is 5.02 Å². The number of hydrogen-bond acceptors (Lipinski definition) is 0. The third-order valence-electron chi connectivity index (χ3n) is 2.05. The Morgan fingerprint density at radius 2 is 2.17 bits per heavy atom. The molecule has 0 aromatic heterocycles. The molecule has 2 heteroatoms. The molecule has 0 nitrogen and oxygen atoms in total. The molecule has 0 heterocycles. The van der Waals surface area contributed by atoms with Gasteiger partial charge in [0.15, 0.2) is 0 Å². The van der Waals surface area contributed by atoms with Crippen molar-refractivity contribution in [3.05, 3.63) is 39.7 Å². The zero-order valence-electron chi connectivity index (χ0n) is 6.70. The van der Waals surface area contributed by atoms with Crippen molar-refractivity contribution < 1.29 is 4.39 Å². The number of benzene rings is 1. The molecular weight excluding hydrogens is 175 g/mol. The normalized spacial score (nSPS) is 14.4. The van der Waals surface area contributed by atoms with E-state index in [0.717, 1.165) is 17.5 Å². The molecule has 0 atom stereocenters. The van der Waals surface area contributed by atoms with Gasteiger partial charge in [-0.3, -0.25) is 0 Å². The molecule has 0 fully saturated rings. The molecule has 0 spiro atoms. The molecule has 0 aliphatic heterocycles. The van der Waals surface area contributed by atoms with Crippen molar-refractivity contribution in [2.45, 2.75) is 13.3 Å². The summed E-state index contributed by atoms with van der Waals surface area (Å²) in [5.41, 5.74) is 3.35. The van der Waals surface area contributed by atoms with Crippen LogP contribution in [0.4, 0.5) is 4.39 Å². The molecule has 1 aromatic rings. The van der Waals surface area contributed by atoms with Crippen LogP contribution in [0.15, 0.2) is 17.7 Å². The molecule has 0 unspecified atom stereocenters. The first-order chi connectivity index (χ1) is 5.66. The molecule has 12 heavy (non-hydrogen) atoms. The summed E-state index contributed by atoms with van der Waals surface area (Å²) in [6.07, 6.45) is 2.89. The predicted octanol–water partition coefficient (Wildman–Crippen LogP) is 3.44. The summed E-state index contributed by atoms with van der Waals surface area (Å²) in [4.78, 5) is 0. The van der Waals surface area contributed by atoms with Gasteiger partial charge in [0.05, 0.1) is 5.02 Å². The maximum Gasteiger partial charge on any atom is 0.142 e. The second-order valence-corrected chi connectivity index (χ2v) is 3.54. The highest BCUT2D eigenvalue weighted by molar-refractivity contribution is 6.30. The van der Waals surface area contributed by atoms with Crippen molar-refractivity contribution in [3.8, 4) is 0 Å². The zero-order valence-corrected chi connectivity index (χ0v) is 7.45. The lowest BCUT2D eigenvalue weighted by Crippen LogP contribution is -1.86. The monoisotopic (exact) mass is 182 g/mol. The van der Waals surface area contributed by atoms with Gasteiger partial charge in [0.1, 0.15) is 5.82 Å². The minimum absolute atomic E-state index is 0.208. The second-order valence-electron chi connectivity index (χ2n) is 3.13. The van der Waals surface area contributed by atoms with Crippen LogP contribution in [-0.4, -0.2) is 0 Å². The van der Waals surface area contributed by atoms with E-state index in [1.165, 1.54) is 11.6 Å². The molecule has 0 saturated heterocycles. The van der Waals surface area contributed by atoms with E-state index in [2.05, 4.69) is 0 Å². The van der Waals surface area contributed by atoms with Gasteiger partial charge >= 0.3 is 0 Å². The predicted molar refractivity (Wildman–Crippen MR) is 48.8 cm³/mol. The highest BCUT2D eigenvalue weighted by Crippen LogP contribution is 2.28. The minimum Gasteiger partial charge on any atom is -0.205 e. The van der Waals surface area contributed by atoms with Gasteiger partial charge in [0.25, 0.3) is 0 Å². The Morgan fingerprint density at radius 1 is 1.42 bits per heavy atom. The molecule has 1 aliphatic carbocycles. The summed E-state index contributed by atoms with van der Waals surface area (Å²) in [5, 5.41) is 0.208. The van der Waals surface area contributed by atoms with Crippen LogP contribution in [-0.2, 0) is 6.42 Å². The number of halogens is 2. The topological polar surface area (TPSA) is 0 Å². The summed E-state index contributed by atoms with van der Waals surface area (Å²) >= 11 is 5.64. The van der Waals surface area contributed by atoms with Gasteiger partial charge in [-0.2, -0.15) is 0 Å². The Kier molecular flexibility index (Phi) is 1.69. The number of rotatable bonds is 0. The fourth-order valence-electron chi connectivity index (χ4n) is 1.51. The van der Waals surface area contributed by atoms with Gasteiger partial charge in [-0.15, -0.1) is 0 Å². The Labute approximate surface area is 75.7 Å². The first-order valence-corrected chi connectivity index (χ1v) is 4.20. The molecule has 0 radical (unpaired) electrons. The smallest absolute Gasteiger partial charge is 0.142 e. The van der Waals surface area contributed by atoms with E-state index in [0.29, 0.717) is 0 Å². The zero-order chi connectivity index (χ0) is 8.72. The maximum atomic E-state index is 12.9. The van der Waals surface area contributed by atoms with Crippen LogP contribution >= 0.6 is 11.6 Å². The summed E-state index contributed by atoms with van der Waals surface area (Å²) in [7, 11) is 0.